The zero-order valence-electron chi connectivity index (χ0n) is 13.8. The van der Waals surface area contributed by atoms with Crippen LogP contribution >= 0.6 is 11.8 Å². The zero-order chi connectivity index (χ0) is 15.1. The molecule has 0 saturated carbocycles. The first kappa shape index (κ1) is 16.9. The van der Waals surface area contributed by atoms with Gasteiger partial charge in [0, 0.05) is 37.2 Å². The Morgan fingerprint density at radius 3 is 2.62 bits per heavy atom. The molecule has 1 aliphatic heterocycles. The Bertz CT molecular complexity index is 402. The summed E-state index contributed by atoms with van der Waals surface area (Å²) in [5, 5.41) is 4.33. The van der Waals surface area contributed by atoms with Crippen LogP contribution in [0.5, 0.6) is 0 Å². The fourth-order valence-electron chi connectivity index (χ4n) is 2.70. The number of nitrogens with one attached hydrogen (secondary N) is 1. The van der Waals surface area contributed by atoms with Crippen molar-refractivity contribution in [3.05, 3.63) is 35.4 Å². The Morgan fingerprint density at radius 1 is 1.24 bits per heavy atom. The number of hydrogen-bond donors (Lipinski definition) is 1. The van der Waals surface area contributed by atoms with E-state index in [1.54, 1.807) is 0 Å². The molecule has 0 bridgehead atoms. The summed E-state index contributed by atoms with van der Waals surface area (Å²) in [7, 11) is 0. The van der Waals surface area contributed by atoms with Gasteiger partial charge in [-0.25, -0.2) is 0 Å². The van der Waals surface area contributed by atoms with Gasteiger partial charge in [-0.2, -0.15) is 11.8 Å². The van der Waals surface area contributed by atoms with Crippen LogP contribution < -0.4 is 5.32 Å². The number of rotatable bonds is 7. The molecule has 1 aromatic rings. The predicted octanol–water partition coefficient (Wildman–Crippen LogP) is 3.76. The average Bonchev–Trinajstić information content (AvgIpc) is 2.49. The van der Waals surface area contributed by atoms with Gasteiger partial charge in [0.2, 0.25) is 0 Å². The monoisotopic (exact) mass is 306 g/mol. The van der Waals surface area contributed by atoms with Crippen molar-refractivity contribution < 1.29 is 0 Å². The molecule has 1 heterocycles. The molecule has 1 aromatic carbocycles. The summed E-state index contributed by atoms with van der Waals surface area (Å²) in [4.78, 5) is 2.61. The molecule has 0 radical (unpaired) electrons. The first-order chi connectivity index (χ1) is 10.2. The van der Waals surface area contributed by atoms with Crippen LogP contribution in [0, 0.1) is 5.92 Å². The number of nitrogens with zero attached hydrogens (tertiary/aromatic N) is 1. The van der Waals surface area contributed by atoms with Gasteiger partial charge in [0.25, 0.3) is 0 Å². The third-order valence-electron chi connectivity index (χ3n) is 3.99. The van der Waals surface area contributed by atoms with Crippen LogP contribution in [0.4, 0.5) is 0 Å². The topological polar surface area (TPSA) is 15.3 Å². The van der Waals surface area contributed by atoms with Gasteiger partial charge in [0.1, 0.15) is 0 Å². The van der Waals surface area contributed by atoms with E-state index in [1.165, 1.54) is 36.4 Å². The van der Waals surface area contributed by atoms with Crippen LogP contribution in [-0.4, -0.2) is 35.5 Å². The van der Waals surface area contributed by atoms with Crippen molar-refractivity contribution in [3.63, 3.8) is 0 Å². The van der Waals surface area contributed by atoms with E-state index < -0.39 is 0 Å². The molecule has 0 aliphatic carbocycles. The number of benzene rings is 1. The van der Waals surface area contributed by atoms with Crippen molar-refractivity contribution in [2.45, 2.75) is 45.5 Å². The highest BCUT2D eigenvalue weighted by atomic mass is 32.2. The minimum absolute atomic E-state index is 0.716. The van der Waals surface area contributed by atoms with Crippen molar-refractivity contribution in [1.29, 1.82) is 0 Å². The summed E-state index contributed by atoms with van der Waals surface area (Å²) < 4.78 is 0. The highest BCUT2D eigenvalue weighted by molar-refractivity contribution is 8.00. The standard InChI is InChI=1S/C18H30N2S/c1-4-18-14-20(9-10-21-18)13-17-7-5-16(6-8-17)12-19-11-15(2)3/h5-8,15,18-19H,4,9-14H2,1-3H3. The summed E-state index contributed by atoms with van der Waals surface area (Å²) in [5.74, 6) is 2.00. The second-order valence-corrected chi connectivity index (χ2v) is 7.89. The quantitative estimate of drug-likeness (QED) is 0.826. The molecule has 21 heavy (non-hydrogen) atoms. The van der Waals surface area contributed by atoms with Gasteiger partial charge in [0.05, 0.1) is 0 Å². The summed E-state index contributed by atoms with van der Waals surface area (Å²) in [6.07, 6.45) is 1.29. The van der Waals surface area contributed by atoms with E-state index >= 15 is 0 Å². The van der Waals surface area contributed by atoms with Crippen LogP contribution in [0.3, 0.4) is 0 Å². The van der Waals surface area contributed by atoms with E-state index in [4.69, 9.17) is 0 Å². The molecular formula is C18H30N2S. The molecule has 0 spiro atoms. The largest absolute Gasteiger partial charge is 0.312 e. The molecule has 3 heteroatoms. The predicted molar refractivity (Wildman–Crippen MR) is 94.8 cm³/mol. The lowest BCUT2D eigenvalue weighted by atomic mass is 10.1. The van der Waals surface area contributed by atoms with Crippen molar-refractivity contribution in [2.24, 2.45) is 5.92 Å². The molecule has 1 saturated heterocycles. The Morgan fingerprint density at radius 2 is 1.95 bits per heavy atom. The molecule has 1 N–H and O–H groups in total. The van der Waals surface area contributed by atoms with Crippen molar-refractivity contribution >= 4 is 11.8 Å². The number of thioether (sulfide) groups is 1. The summed E-state index contributed by atoms with van der Waals surface area (Å²) in [6.45, 7) is 12.5. The lowest BCUT2D eigenvalue weighted by molar-refractivity contribution is 0.273. The Kier molecular flexibility index (Phi) is 7.08. The fourth-order valence-corrected chi connectivity index (χ4v) is 3.95. The molecule has 2 nitrogen and oxygen atoms in total. The van der Waals surface area contributed by atoms with Crippen LogP contribution in [0.25, 0.3) is 0 Å². The Hall–Kier alpha value is -0.510. The third-order valence-corrected chi connectivity index (χ3v) is 5.36. The van der Waals surface area contributed by atoms with E-state index in [-0.39, 0.29) is 0 Å². The van der Waals surface area contributed by atoms with Crippen molar-refractivity contribution in [3.8, 4) is 0 Å². The van der Waals surface area contributed by atoms with E-state index in [0.29, 0.717) is 5.92 Å². The maximum absolute atomic E-state index is 3.50. The van der Waals surface area contributed by atoms with Gasteiger partial charge in [0.15, 0.2) is 0 Å². The maximum Gasteiger partial charge on any atom is 0.0234 e. The zero-order valence-corrected chi connectivity index (χ0v) is 14.6. The van der Waals surface area contributed by atoms with Gasteiger partial charge < -0.3 is 5.32 Å². The van der Waals surface area contributed by atoms with Crippen LogP contribution in [0.15, 0.2) is 24.3 Å². The van der Waals surface area contributed by atoms with Gasteiger partial charge >= 0.3 is 0 Å². The van der Waals surface area contributed by atoms with Crippen LogP contribution in [-0.2, 0) is 13.1 Å². The van der Waals surface area contributed by atoms with E-state index in [0.717, 1.165) is 24.9 Å². The molecular weight excluding hydrogens is 276 g/mol. The fraction of sp³-hybridized carbons (Fsp3) is 0.667. The Labute approximate surface area is 134 Å². The summed E-state index contributed by atoms with van der Waals surface area (Å²) in [6, 6.07) is 9.15. The first-order valence-electron chi connectivity index (χ1n) is 8.30. The minimum atomic E-state index is 0.716. The lowest BCUT2D eigenvalue weighted by Gasteiger charge is -2.31. The van der Waals surface area contributed by atoms with E-state index in [1.807, 2.05) is 0 Å². The van der Waals surface area contributed by atoms with Crippen molar-refractivity contribution in [2.75, 3.05) is 25.4 Å². The molecule has 2 rings (SSSR count). The number of hydrogen-bond acceptors (Lipinski definition) is 3. The first-order valence-corrected chi connectivity index (χ1v) is 9.34. The highest BCUT2D eigenvalue weighted by Gasteiger charge is 2.18. The highest BCUT2D eigenvalue weighted by Crippen LogP contribution is 2.22. The molecule has 118 valence electrons. The second kappa shape index (κ2) is 8.82. The van der Waals surface area contributed by atoms with Crippen LogP contribution in [0.1, 0.15) is 38.3 Å². The summed E-state index contributed by atoms with van der Waals surface area (Å²) in [5.41, 5.74) is 2.84. The molecule has 1 atom stereocenters. The van der Waals surface area contributed by atoms with Gasteiger partial charge in [-0.05, 0) is 30.0 Å². The van der Waals surface area contributed by atoms with Gasteiger partial charge in [-0.1, -0.05) is 45.0 Å². The minimum Gasteiger partial charge on any atom is -0.312 e. The molecule has 0 aromatic heterocycles. The SMILES string of the molecule is CCC1CN(Cc2ccc(CNCC(C)C)cc2)CCS1. The second-order valence-electron chi connectivity index (χ2n) is 6.48. The summed E-state index contributed by atoms with van der Waals surface area (Å²) >= 11 is 2.14. The molecule has 1 aliphatic rings. The van der Waals surface area contributed by atoms with Crippen molar-refractivity contribution in [1.82, 2.24) is 10.2 Å². The van der Waals surface area contributed by atoms with E-state index in [2.05, 4.69) is 67.0 Å². The van der Waals surface area contributed by atoms with Gasteiger partial charge in [-0.15, -0.1) is 0 Å². The van der Waals surface area contributed by atoms with E-state index in [9.17, 15) is 0 Å². The molecule has 1 fully saturated rings. The maximum atomic E-state index is 3.50. The normalized spacial score (nSPS) is 20.1. The smallest absolute Gasteiger partial charge is 0.0234 e. The molecule has 0 amide bonds. The average molecular weight is 307 g/mol. The Balaban J connectivity index is 1.79. The molecule has 1 unspecified atom stereocenters. The van der Waals surface area contributed by atoms with Crippen LogP contribution in [0.2, 0.25) is 0 Å². The lowest BCUT2D eigenvalue weighted by Crippen LogP contribution is -2.37. The third kappa shape index (κ3) is 6.01. The van der Waals surface area contributed by atoms with Gasteiger partial charge in [-0.3, -0.25) is 4.90 Å².